The summed E-state index contributed by atoms with van der Waals surface area (Å²) in [5.74, 6) is 0.575. The number of imidazole rings is 1. The van der Waals surface area contributed by atoms with Gasteiger partial charge in [0.1, 0.15) is 5.75 Å². The first-order valence-electron chi connectivity index (χ1n) is 9.74. The van der Waals surface area contributed by atoms with E-state index in [2.05, 4.69) is 16.4 Å². The lowest BCUT2D eigenvalue weighted by molar-refractivity contribution is -0.128. The van der Waals surface area contributed by atoms with Crippen LogP contribution in [0, 0.1) is 0 Å². The Morgan fingerprint density at radius 3 is 2.66 bits per heavy atom. The molecule has 0 radical (unpaired) electrons. The smallest absolute Gasteiger partial charge is 0.261 e. The van der Waals surface area contributed by atoms with Crippen LogP contribution in [0.3, 0.4) is 0 Å². The molecule has 0 fully saturated rings. The van der Waals surface area contributed by atoms with Gasteiger partial charge in [-0.2, -0.15) is 0 Å². The molecular weight excluding hydrogens is 362 g/mol. The highest BCUT2D eigenvalue weighted by Crippen LogP contribution is 2.22. The van der Waals surface area contributed by atoms with Crippen molar-refractivity contribution in [2.24, 2.45) is 0 Å². The van der Waals surface area contributed by atoms with Crippen molar-refractivity contribution in [2.45, 2.75) is 26.0 Å². The summed E-state index contributed by atoms with van der Waals surface area (Å²) in [6.07, 6.45) is 5.41. The Bertz CT molecular complexity index is 1110. The molecule has 1 N–H and O–H groups in total. The first-order chi connectivity index (χ1) is 14.2. The zero-order valence-corrected chi connectivity index (χ0v) is 16.3. The highest BCUT2D eigenvalue weighted by Gasteiger charge is 2.18. The van der Waals surface area contributed by atoms with Crippen molar-refractivity contribution in [3.8, 4) is 11.4 Å². The fraction of sp³-hybridized carbons (Fsp3) is 0.167. The minimum atomic E-state index is -0.545. The van der Waals surface area contributed by atoms with Crippen molar-refractivity contribution < 1.29 is 9.53 Å². The van der Waals surface area contributed by atoms with Gasteiger partial charge >= 0.3 is 0 Å². The fourth-order valence-electron chi connectivity index (χ4n) is 3.34. The van der Waals surface area contributed by atoms with E-state index in [9.17, 15) is 4.79 Å². The van der Waals surface area contributed by atoms with Crippen molar-refractivity contribution in [3.63, 3.8) is 0 Å². The summed E-state index contributed by atoms with van der Waals surface area (Å²) in [5, 5.41) is 5.25. The van der Waals surface area contributed by atoms with Crippen LogP contribution < -0.4 is 10.1 Å². The second-order valence-corrected chi connectivity index (χ2v) is 6.84. The van der Waals surface area contributed by atoms with Crippen molar-refractivity contribution in [3.05, 3.63) is 91.0 Å². The van der Waals surface area contributed by atoms with E-state index in [-0.39, 0.29) is 5.91 Å². The third-order valence-electron chi connectivity index (χ3n) is 4.89. The molecule has 0 saturated heterocycles. The van der Waals surface area contributed by atoms with Crippen LogP contribution in [0.1, 0.15) is 18.9 Å². The lowest BCUT2D eigenvalue weighted by atomic mass is 10.1. The topological polar surface area (TPSA) is 56.1 Å². The minimum absolute atomic E-state index is 0.124. The van der Waals surface area contributed by atoms with Gasteiger partial charge in [0.05, 0.1) is 12.0 Å². The quantitative estimate of drug-likeness (QED) is 0.510. The Balaban J connectivity index is 1.44. The molecule has 1 aromatic heterocycles. The van der Waals surface area contributed by atoms with Gasteiger partial charge in [-0.1, -0.05) is 55.5 Å². The van der Waals surface area contributed by atoms with Crippen LogP contribution in [0.25, 0.3) is 16.5 Å². The summed E-state index contributed by atoms with van der Waals surface area (Å²) in [5.41, 5.74) is 2.01. The molecule has 3 aromatic carbocycles. The number of hydrogen-bond acceptors (Lipinski definition) is 3. The number of hydrogen-bond donors (Lipinski definition) is 1. The maximum absolute atomic E-state index is 12.8. The minimum Gasteiger partial charge on any atom is -0.481 e. The van der Waals surface area contributed by atoms with Crippen LogP contribution in [-0.4, -0.2) is 21.6 Å². The van der Waals surface area contributed by atoms with Crippen LogP contribution in [-0.2, 0) is 11.3 Å². The largest absolute Gasteiger partial charge is 0.481 e. The lowest BCUT2D eigenvalue weighted by Crippen LogP contribution is -2.37. The molecule has 4 aromatic rings. The summed E-state index contributed by atoms with van der Waals surface area (Å²) < 4.78 is 7.93. The van der Waals surface area contributed by atoms with Gasteiger partial charge in [0.2, 0.25) is 0 Å². The summed E-state index contributed by atoms with van der Waals surface area (Å²) in [6, 6.07) is 21.9. The Morgan fingerprint density at radius 2 is 1.86 bits per heavy atom. The maximum Gasteiger partial charge on any atom is 0.261 e. The van der Waals surface area contributed by atoms with Crippen molar-refractivity contribution in [1.29, 1.82) is 0 Å². The van der Waals surface area contributed by atoms with Crippen LogP contribution in [0.2, 0.25) is 0 Å². The predicted molar refractivity (Wildman–Crippen MR) is 114 cm³/mol. The summed E-state index contributed by atoms with van der Waals surface area (Å²) in [6.45, 7) is 2.37. The van der Waals surface area contributed by atoms with Crippen LogP contribution in [0.5, 0.6) is 5.75 Å². The van der Waals surface area contributed by atoms with Gasteiger partial charge in [0.25, 0.3) is 5.91 Å². The summed E-state index contributed by atoms with van der Waals surface area (Å²) in [7, 11) is 0. The van der Waals surface area contributed by atoms with E-state index >= 15 is 0 Å². The second-order valence-electron chi connectivity index (χ2n) is 6.84. The molecule has 5 nitrogen and oxygen atoms in total. The molecule has 1 unspecified atom stereocenters. The number of nitrogens with zero attached hydrogens (tertiary/aromatic N) is 2. The van der Waals surface area contributed by atoms with E-state index in [0.717, 1.165) is 22.0 Å². The third kappa shape index (κ3) is 4.29. The molecule has 0 bridgehead atoms. The van der Waals surface area contributed by atoms with E-state index in [0.29, 0.717) is 18.7 Å². The molecule has 0 aliphatic rings. The van der Waals surface area contributed by atoms with Gasteiger partial charge < -0.3 is 14.6 Å². The molecule has 0 saturated carbocycles. The van der Waals surface area contributed by atoms with Gasteiger partial charge in [-0.05, 0) is 41.0 Å². The number of carbonyl (C=O) groups is 1. The second kappa shape index (κ2) is 8.61. The van der Waals surface area contributed by atoms with Crippen LogP contribution in [0.4, 0.5) is 0 Å². The molecule has 1 amide bonds. The normalized spacial score (nSPS) is 11.9. The zero-order valence-electron chi connectivity index (χ0n) is 16.3. The van der Waals surface area contributed by atoms with Gasteiger partial charge in [-0.15, -0.1) is 0 Å². The standard InChI is InChI=1S/C24H23N3O2/c1-2-23(29-21-12-11-18-7-3-4-8-19(18)15-21)24(28)26-16-20-9-5-6-10-22(20)27-14-13-25-17-27/h3-15,17,23H,2,16H2,1H3,(H,26,28). The van der Waals surface area contributed by atoms with Crippen molar-refractivity contribution in [2.75, 3.05) is 0 Å². The predicted octanol–water partition coefficient (Wildman–Crippen LogP) is 4.50. The van der Waals surface area contributed by atoms with Crippen LogP contribution >= 0.6 is 0 Å². The van der Waals surface area contributed by atoms with E-state index in [1.54, 1.807) is 12.5 Å². The molecule has 4 rings (SSSR count). The molecule has 0 spiro atoms. The fourth-order valence-corrected chi connectivity index (χ4v) is 3.34. The summed E-state index contributed by atoms with van der Waals surface area (Å²) in [4.78, 5) is 16.9. The molecule has 5 heteroatoms. The SMILES string of the molecule is CCC(Oc1ccc2ccccc2c1)C(=O)NCc1ccccc1-n1ccnc1. The number of aromatic nitrogens is 2. The molecular formula is C24H23N3O2. The lowest BCUT2D eigenvalue weighted by Gasteiger charge is -2.18. The number of ether oxygens (including phenoxy) is 1. The number of fused-ring (bicyclic) bond motifs is 1. The highest BCUT2D eigenvalue weighted by atomic mass is 16.5. The molecule has 1 heterocycles. The molecule has 146 valence electrons. The monoisotopic (exact) mass is 385 g/mol. The third-order valence-corrected chi connectivity index (χ3v) is 4.89. The zero-order chi connectivity index (χ0) is 20.1. The number of benzene rings is 3. The Labute approximate surface area is 170 Å². The Hall–Kier alpha value is -3.60. The number of nitrogens with one attached hydrogen (secondary N) is 1. The van der Waals surface area contributed by atoms with E-state index in [4.69, 9.17) is 4.74 Å². The van der Waals surface area contributed by atoms with Crippen molar-refractivity contribution in [1.82, 2.24) is 14.9 Å². The first-order valence-corrected chi connectivity index (χ1v) is 9.74. The van der Waals surface area contributed by atoms with Crippen LogP contribution in [0.15, 0.2) is 85.5 Å². The van der Waals surface area contributed by atoms with Gasteiger partial charge in [-0.3, -0.25) is 4.79 Å². The van der Waals surface area contributed by atoms with Gasteiger partial charge in [-0.25, -0.2) is 4.98 Å². The molecule has 29 heavy (non-hydrogen) atoms. The molecule has 1 atom stereocenters. The average molecular weight is 385 g/mol. The average Bonchev–Trinajstić information content (AvgIpc) is 3.30. The molecule has 0 aliphatic heterocycles. The maximum atomic E-state index is 12.8. The van der Waals surface area contributed by atoms with Gasteiger partial charge in [0, 0.05) is 18.9 Å². The Kier molecular flexibility index (Phi) is 5.56. The molecule has 0 aliphatic carbocycles. The van der Waals surface area contributed by atoms with Gasteiger partial charge in [0.15, 0.2) is 6.10 Å². The highest BCUT2D eigenvalue weighted by molar-refractivity contribution is 5.84. The first kappa shape index (κ1) is 18.7. The van der Waals surface area contributed by atoms with E-state index in [1.807, 2.05) is 78.4 Å². The number of amides is 1. The van der Waals surface area contributed by atoms with E-state index in [1.165, 1.54) is 0 Å². The van der Waals surface area contributed by atoms with Crippen molar-refractivity contribution >= 4 is 16.7 Å². The number of carbonyl (C=O) groups excluding carboxylic acids is 1. The number of para-hydroxylation sites is 1. The Morgan fingerprint density at radius 1 is 1.07 bits per heavy atom. The summed E-state index contributed by atoms with van der Waals surface area (Å²) >= 11 is 0. The number of rotatable bonds is 7. The van der Waals surface area contributed by atoms with E-state index < -0.39 is 6.10 Å².